The molecule has 2 aromatic rings. The zero-order chi connectivity index (χ0) is 22.6. The smallest absolute Gasteiger partial charge is 0.410 e. The average Bonchev–Trinajstić information content (AvgIpc) is 3.22. The molecule has 2 aromatic heterocycles. The van der Waals surface area contributed by atoms with E-state index < -0.39 is 5.60 Å². The highest BCUT2D eigenvalue weighted by molar-refractivity contribution is 5.68. The van der Waals surface area contributed by atoms with E-state index in [2.05, 4.69) is 25.5 Å². The molecule has 0 saturated carbocycles. The fourth-order valence-electron chi connectivity index (χ4n) is 3.85. The zero-order valence-corrected chi connectivity index (χ0v) is 19.0. The number of carbonyl (C=O) groups excluding carboxylic acids is 1. The Kier molecular flexibility index (Phi) is 6.78. The Labute approximate surface area is 188 Å². The second-order valence-corrected chi connectivity index (χ2v) is 9.27. The number of H-pyrrole nitrogens is 1. The minimum absolute atomic E-state index is 0.0264. The van der Waals surface area contributed by atoms with Crippen molar-refractivity contribution in [3.8, 4) is 5.88 Å². The maximum atomic E-state index is 12.2. The first-order chi connectivity index (χ1) is 15.4. The number of hydrogen-bond acceptors (Lipinski definition) is 8. The number of aromatic nitrogens is 4. The molecule has 2 aliphatic rings. The Bertz CT molecular complexity index is 898. The lowest BCUT2D eigenvalue weighted by Gasteiger charge is -2.33. The Hall–Kier alpha value is -2.88. The average molecular weight is 445 g/mol. The number of ether oxygens (including phenoxy) is 3. The summed E-state index contributed by atoms with van der Waals surface area (Å²) in [6.45, 7) is 8.34. The van der Waals surface area contributed by atoms with Crippen LogP contribution in [-0.2, 0) is 9.47 Å². The molecule has 0 spiro atoms. The van der Waals surface area contributed by atoms with Crippen LogP contribution in [0.4, 0.5) is 16.4 Å². The lowest BCUT2D eigenvalue weighted by Crippen LogP contribution is -2.44. The Morgan fingerprint density at radius 2 is 2.03 bits per heavy atom. The van der Waals surface area contributed by atoms with Crippen molar-refractivity contribution in [2.24, 2.45) is 0 Å². The number of hydrogen-bond donors (Lipinski definition) is 2. The molecule has 1 atom stereocenters. The van der Waals surface area contributed by atoms with Crippen molar-refractivity contribution in [1.29, 1.82) is 0 Å². The molecule has 0 bridgehead atoms. The molecule has 10 nitrogen and oxygen atoms in total. The normalized spacial score (nSPS) is 20.1. The van der Waals surface area contributed by atoms with Crippen molar-refractivity contribution >= 4 is 17.7 Å². The van der Waals surface area contributed by atoms with Gasteiger partial charge in [0.1, 0.15) is 11.7 Å². The van der Waals surface area contributed by atoms with E-state index in [1.54, 1.807) is 17.3 Å². The number of nitrogens with zero attached hydrogens (tertiary/aromatic N) is 4. The van der Waals surface area contributed by atoms with Crippen LogP contribution in [-0.4, -0.2) is 69.2 Å². The van der Waals surface area contributed by atoms with Gasteiger partial charge < -0.3 is 24.4 Å². The van der Waals surface area contributed by atoms with Gasteiger partial charge in [-0.15, -0.1) is 0 Å². The molecule has 2 fully saturated rings. The molecular formula is C22H32N6O4. The van der Waals surface area contributed by atoms with Gasteiger partial charge in [0.25, 0.3) is 0 Å². The minimum Gasteiger partial charge on any atom is -0.473 e. The summed E-state index contributed by atoms with van der Waals surface area (Å²) in [6.07, 6.45) is 6.51. The Morgan fingerprint density at radius 3 is 2.75 bits per heavy atom. The van der Waals surface area contributed by atoms with Gasteiger partial charge in [0.05, 0.1) is 19.0 Å². The molecule has 0 radical (unpaired) electrons. The Morgan fingerprint density at radius 1 is 1.22 bits per heavy atom. The number of aromatic amines is 1. The van der Waals surface area contributed by atoms with E-state index >= 15 is 0 Å². The number of nitrogens with one attached hydrogen (secondary N) is 2. The SMILES string of the molecule is CC(C)(C)OC(=O)N1CCC(Oc2cncc(Nc3cc([C@H]4CCCOC4)[nH]n3)n2)CC1. The van der Waals surface area contributed by atoms with Gasteiger partial charge in [-0.1, -0.05) is 0 Å². The highest BCUT2D eigenvalue weighted by atomic mass is 16.6. The van der Waals surface area contributed by atoms with Gasteiger partial charge in [-0.2, -0.15) is 10.1 Å². The Balaban J connectivity index is 1.28. The van der Waals surface area contributed by atoms with E-state index in [-0.39, 0.29) is 12.2 Å². The van der Waals surface area contributed by atoms with Crippen LogP contribution in [0, 0.1) is 0 Å². The minimum atomic E-state index is -0.493. The van der Waals surface area contributed by atoms with Crippen LogP contribution in [0.3, 0.4) is 0 Å². The summed E-state index contributed by atoms with van der Waals surface area (Å²) in [4.78, 5) is 22.7. The van der Waals surface area contributed by atoms with Gasteiger partial charge in [-0.3, -0.25) is 10.1 Å². The second-order valence-electron chi connectivity index (χ2n) is 9.27. The number of rotatable bonds is 5. The van der Waals surface area contributed by atoms with Crippen molar-refractivity contribution in [2.75, 3.05) is 31.6 Å². The van der Waals surface area contributed by atoms with Gasteiger partial charge in [0.15, 0.2) is 11.6 Å². The van der Waals surface area contributed by atoms with Crippen molar-refractivity contribution < 1.29 is 19.0 Å². The summed E-state index contributed by atoms with van der Waals surface area (Å²) in [5.74, 6) is 2.04. The fraction of sp³-hybridized carbons (Fsp3) is 0.636. The third kappa shape index (κ3) is 6.09. The highest BCUT2D eigenvalue weighted by Crippen LogP contribution is 2.26. The zero-order valence-electron chi connectivity index (χ0n) is 19.0. The summed E-state index contributed by atoms with van der Waals surface area (Å²) < 4.78 is 17.0. The maximum Gasteiger partial charge on any atom is 0.410 e. The van der Waals surface area contributed by atoms with Crippen molar-refractivity contribution in [2.45, 2.75) is 64.1 Å². The van der Waals surface area contributed by atoms with Crippen LogP contribution < -0.4 is 10.1 Å². The van der Waals surface area contributed by atoms with Crippen LogP contribution in [0.1, 0.15) is 58.1 Å². The summed E-state index contributed by atoms with van der Waals surface area (Å²) >= 11 is 0. The van der Waals surface area contributed by atoms with Crippen molar-refractivity contribution in [3.63, 3.8) is 0 Å². The number of carbonyl (C=O) groups is 1. The fourth-order valence-corrected chi connectivity index (χ4v) is 3.85. The second kappa shape index (κ2) is 9.72. The number of likely N-dealkylation sites (tertiary alicyclic amines) is 1. The van der Waals surface area contributed by atoms with Crippen LogP contribution >= 0.6 is 0 Å². The predicted octanol–water partition coefficient (Wildman–Crippen LogP) is 3.62. The predicted molar refractivity (Wildman–Crippen MR) is 118 cm³/mol. The lowest BCUT2D eigenvalue weighted by molar-refractivity contribution is 0.0123. The monoisotopic (exact) mass is 444 g/mol. The summed E-state index contributed by atoms with van der Waals surface area (Å²) in [7, 11) is 0. The molecule has 0 aromatic carbocycles. The topological polar surface area (TPSA) is 114 Å². The van der Waals surface area contributed by atoms with Crippen molar-refractivity contribution in [3.05, 3.63) is 24.2 Å². The number of amides is 1. The summed E-state index contributed by atoms with van der Waals surface area (Å²) in [5.41, 5.74) is 0.566. The quantitative estimate of drug-likeness (QED) is 0.719. The largest absolute Gasteiger partial charge is 0.473 e. The van der Waals surface area contributed by atoms with Gasteiger partial charge in [0, 0.05) is 50.2 Å². The molecular weight excluding hydrogens is 412 g/mol. The molecule has 174 valence electrons. The number of anilines is 2. The van der Waals surface area contributed by atoms with Crippen molar-refractivity contribution in [1.82, 2.24) is 25.1 Å². The molecule has 4 heterocycles. The van der Waals surface area contributed by atoms with E-state index in [1.165, 1.54) is 0 Å². The molecule has 1 amide bonds. The summed E-state index contributed by atoms with van der Waals surface area (Å²) in [5, 5.41) is 10.6. The van der Waals surface area contributed by atoms with Crippen LogP contribution in [0.5, 0.6) is 5.88 Å². The first kappa shape index (κ1) is 22.3. The third-order valence-corrected chi connectivity index (χ3v) is 5.45. The first-order valence-corrected chi connectivity index (χ1v) is 11.2. The summed E-state index contributed by atoms with van der Waals surface area (Å²) in [6, 6.07) is 1.99. The van der Waals surface area contributed by atoms with E-state index in [0.717, 1.165) is 31.7 Å². The lowest BCUT2D eigenvalue weighted by atomic mass is 9.99. The van der Waals surface area contributed by atoms with Gasteiger partial charge in [-0.05, 0) is 33.6 Å². The standard InChI is InChI=1S/C22H32N6O4/c1-22(2,3)32-21(29)28-8-6-16(7-9-28)31-20-13-23-12-19(25-20)24-18-11-17(26-27-18)15-5-4-10-30-14-15/h11-13,15-16H,4-10,14H2,1-3H3,(H2,24,25,26,27)/t15-/m0/s1. The molecule has 2 saturated heterocycles. The molecule has 2 N–H and O–H groups in total. The third-order valence-electron chi connectivity index (χ3n) is 5.45. The molecule has 32 heavy (non-hydrogen) atoms. The molecule has 4 rings (SSSR count). The molecule has 2 aliphatic heterocycles. The molecule has 10 heteroatoms. The van der Waals surface area contributed by atoms with E-state index in [0.29, 0.717) is 49.4 Å². The van der Waals surface area contributed by atoms with Gasteiger partial charge in [0.2, 0.25) is 5.88 Å². The van der Waals surface area contributed by atoms with E-state index in [1.807, 2.05) is 26.8 Å². The van der Waals surface area contributed by atoms with Gasteiger partial charge in [-0.25, -0.2) is 4.79 Å². The molecule has 0 unspecified atom stereocenters. The first-order valence-electron chi connectivity index (χ1n) is 11.2. The van der Waals surface area contributed by atoms with E-state index in [9.17, 15) is 4.79 Å². The van der Waals surface area contributed by atoms with Gasteiger partial charge >= 0.3 is 6.09 Å². The van der Waals surface area contributed by atoms with Crippen LogP contribution in [0.15, 0.2) is 18.5 Å². The maximum absolute atomic E-state index is 12.2. The highest BCUT2D eigenvalue weighted by Gasteiger charge is 2.28. The van der Waals surface area contributed by atoms with Crippen LogP contribution in [0.2, 0.25) is 0 Å². The molecule has 0 aliphatic carbocycles. The van der Waals surface area contributed by atoms with E-state index in [4.69, 9.17) is 14.2 Å². The van der Waals surface area contributed by atoms with Crippen LogP contribution in [0.25, 0.3) is 0 Å². The number of piperidine rings is 1.